The molecule has 3 saturated heterocycles. The van der Waals surface area contributed by atoms with Gasteiger partial charge in [-0.25, -0.2) is 4.79 Å². The normalized spacial score (nSPS) is 47.3. The Kier molecular flexibility index (Phi) is 4.84. The Hall–Kier alpha value is -1.22. The molecule has 0 bridgehead atoms. The molecule has 7 atom stereocenters. The number of rotatable bonds is 1. The number of aliphatic hydroxyl groups is 3. The Balaban J connectivity index is 2.01. The summed E-state index contributed by atoms with van der Waals surface area (Å²) < 4.78 is 11.0. The third-order valence-corrected chi connectivity index (χ3v) is 6.44. The van der Waals surface area contributed by atoms with Crippen LogP contribution in [0.4, 0.5) is 0 Å². The van der Waals surface area contributed by atoms with Gasteiger partial charge in [-0.1, -0.05) is 13.8 Å². The molecule has 0 aliphatic carbocycles. The number of carbonyl (C=O) groups is 2. The van der Waals surface area contributed by atoms with Gasteiger partial charge < -0.3 is 24.8 Å². The van der Waals surface area contributed by atoms with Crippen LogP contribution in [0.2, 0.25) is 0 Å². The fraction of sp³-hybridized carbons (Fsp3) is 0.889. The van der Waals surface area contributed by atoms with Crippen LogP contribution in [0.15, 0.2) is 0 Å². The molecular formula is C18H29NO7. The molecule has 3 aliphatic heterocycles. The van der Waals surface area contributed by atoms with E-state index in [1.54, 1.807) is 13.8 Å². The molecule has 0 aromatic rings. The van der Waals surface area contributed by atoms with Gasteiger partial charge in [0.25, 0.3) is 0 Å². The molecule has 3 aliphatic rings. The highest BCUT2D eigenvalue weighted by molar-refractivity contribution is 5.83. The predicted octanol–water partition coefficient (Wildman–Crippen LogP) is -0.706. The maximum Gasteiger partial charge on any atom is 0.340 e. The van der Waals surface area contributed by atoms with Gasteiger partial charge in [-0.05, 0) is 26.2 Å². The highest BCUT2D eigenvalue weighted by Gasteiger charge is 2.59. The average Bonchev–Trinajstić information content (AvgIpc) is 3.02. The van der Waals surface area contributed by atoms with E-state index in [1.165, 1.54) is 6.92 Å². The second kappa shape index (κ2) is 6.44. The Bertz CT molecular complexity index is 588. The van der Waals surface area contributed by atoms with Crippen LogP contribution in [-0.2, 0) is 19.1 Å². The van der Waals surface area contributed by atoms with E-state index in [9.17, 15) is 24.9 Å². The minimum absolute atomic E-state index is 0.103. The SMILES string of the molecule is CC(C)[C@H]1C(=O)O[C@@H]2CCN3C[C@@H](O)[C@H](COC(=O)[C@](C)(O)[C@]1(C)O)[C@H]23. The number of carbonyl (C=O) groups excluding carboxylic acids is 2. The van der Waals surface area contributed by atoms with Crippen molar-refractivity contribution in [2.75, 3.05) is 19.7 Å². The summed E-state index contributed by atoms with van der Waals surface area (Å²) >= 11 is 0. The minimum atomic E-state index is -2.30. The number of nitrogens with zero attached hydrogens (tertiary/aromatic N) is 1. The molecule has 0 amide bonds. The lowest BCUT2D eigenvalue weighted by molar-refractivity contribution is -0.211. The van der Waals surface area contributed by atoms with Gasteiger partial charge in [-0.15, -0.1) is 0 Å². The zero-order valence-electron chi connectivity index (χ0n) is 15.7. The largest absolute Gasteiger partial charge is 0.463 e. The zero-order valence-corrected chi connectivity index (χ0v) is 15.7. The lowest BCUT2D eigenvalue weighted by Gasteiger charge is -2.42. The van der Waals surface area contributed by atoms with Gasteiger partial charge in [-0.2, -0.15) is 0 Å². The molecule has 8 nitrogen and oxygen atoms in total. The third-order valence-electron chi connectivity index (χ3n) is 6.44. The standard InChI is InChI=1S/C18H29NO7/c1-9(2)13-15(21)26-12-5-6-19-7-11(20)10(14(12)19)8-25-16(22)18(4,24)17(13,3)23/h9-14,20,23-24H,5-8H2,1-4H3/t10-,11+,12+,13-,14+,17+,18-/m0/s1. The molecule has 26 heavy (non-hydrogen) atoms. The molecule has 3 rings (SSSR count). The summed E-state index contributed by atoms with van der Waals surface area (Å²) in [6, 6.07) is -0.234. The van der Waals surface area contributed by atoms with Crippen LogP contribution in [0.25, 0.3) is 0 Å². The number of ether oxygens (including phenoxy) is 2. The third kappa shape index (κ3) is 2.83. The first kappa shape index (κ1) is 19.5. The maximum absolute atomic E-state index is 12.9. The molecule has 3 N–H and O–H groups in total. The van der Waals surface area contributed by atoms with Crippen LogP contribution in [-0.4, -0.2) is 81.3 Å². The number of esters is 2. The fourth-order valence-electron chi connectivity index (χ4n) is 4.74. The first-order valence-corrected chi connectivity index (χ1v) is 9.23. The van der Waals surface area contributed by atoms with Crippen molar-refractivity contribution in [3.63, 3.8) is 0 Å². The Morgan fingerprint density at radius 2 is 1.88 bits per heavy atom. The van der Waals surface area contributed by atoms with Gasteiger partial charge in [0.1, 0.15) is 11.7 Å². The van der Waals surface area contributed by atoms with Gasteiger partial charge in [0.2, 0.25) is 0 Å². The van der Waals surface area contributed by atoms with Gasteiger partial charge in [0.05, 0.1) is 24.7 Å². The first-order chi connectivity index (χ1) is 12.0. The maximum atomic E-state index is 12.9. The van der Waals surface area contributed by atoms with Crippen molar-refractivity contribution in [1.82, 2.24) is 4.90 Å². The Labute approximate surface area is 153 Å². The smallest absolute Gasteiger partial charge is 0.340 e. The second-order valence-electron chi connectivity index (χ2n) is 8.52. The van der Waals surface area contributed by atoms with E-state index in [2.05, 4.69) is 0 Å². The Morgan fingerprint density at radius 3 is 2.50 bits per heavy atom. The van der Waals surface area contributed by atoms with E-state index >= 15 is 0 Å². The summed E-state index contributed by atoms with van der Waals surface area (Å²) in [5.41, 5.74) is -4.38. The molecule has 0 aromatic carbocycles. The van der Waals surface area contributed by atoms with Crippen LogP contribution in [0.1, 0.15) is 34.1 Å². The van der Waals surface area contributed by atoms with Crippen molar-refractivity contribution in [3.05, 3.63) is 0 Å². The van der Waals surface area contributed by atoms with E-state index in [-0.39, 0.29) is 18.6 Å². The highest BCUT2D eigenvalue weighted by Crippen LogP contribution is 2.40. The molecule has 0 spiro atoms. The lowest BCUT2D eigenvalue weighted by Crippen LogP contribution is -2.63. The van der Waals surface area contributed by atoms with Crippen molar-refractivity contribution in [2.24, 2.45) is 17.8 Å². The zero-order chi connectivity index (χ0) is 19.4. The summed E-state index contributed by atoms with van der Waals surface area (Å²) in [4.78, 5) is 27.5. The van der Waals surface area contributed by atoms with Gasteiger partial charge in [-0.3, -0.25) is 9.69 Å². The number of hydrogen-bond acceptors (Lipinski definition) is 8. The number of aliphatic hydroxyl groups excluding tert-OH is 1. The lowest BCUT2D eigenvalue weighted by atomic mass is 9.71. The van der Waals surface area contributed by atoms with Crippen molar-refractivity contribution in [3.8, 4) is 0 Å². The van der Waals surface area contributed by atoms with E-state index in [1.807, 2.05) is 4.90 Å². The fourth-order valence-corrected chi connectivity index (χ4v) is 4.74. The molecule has 148 valence electrons. The highest BCUT2D eigenvalue weighted by atomic mass is 16.6. The van der Waals surface area contributed by atoms with Crippen LogP contribution in [0, 0.1) is 17.8 Å². The molecule has 3 fully saturated rings. The van der Waals surface area contributed by atoms with Crippen molar-refractivity contribution < 1.29 is 34.4 Å². The van der Waals surface area contributed by atoms with E-state index in [0.717, 1.165) is 6.92 Å². The van der Waals surface area contributed by atoms with Crippen LogP contribution >= 0.6 is 0 Å². The van der Waals surface area contributed by atoms with E-state index in [0.29, 0.717) is 19.5 Å². The molecule has 0 saturated carbocycles. The quantitative estimate of drug-likeness (QED) is 0.518. The molecular weight excluding hydrogens is 342 g/mol. The molecule has 3 heterocycles. The van der Waals surface area contributed by atoms with Crippen molar-refractivity contribution in [2.45, 2.75) is 63.6 Å². The predicted molar refractivity (Wildman–Crippen MR) is 89.9 cm³/mol. The van der Waals surface area contributed by atoms with Crippen LogP contribution in [0.5, 0.6) is 0 Å². The molecule has 0 unspecified atom stereocenters. The summed E-state index contributed by atoms with van der Waals surface area (Å²) in [6.07, 6.45) is -0.526. The number of hydrogen-bond donors (Lipinski definition) is 3. The van der Waals surface area contributed by atoms with E-state index in [4.69, 9.17) is 9.47 Å². The van der Waals surface area contributed by atoms with Crippen LogP contribution < -0.4 is 0 Å². The monoisotopic (exact) mass is 371 g/mol. The first-order valence-electron chi connectivity index (χ1n) is 9.23. The summed E-state index contributed by atoms with van der Waals surface area (Å²) in [7, 11) is 0. The van der Waals surface area contributed by atoms with Gasteiger partial charge >= 0.3 is 11.9 Å². The summed E-state index contributed by atoms with van der Waals surface area (Å²) in [5.74, 6) is -3.55. The van der Waals surface area contributed by atoms with Crippen molar-refractivity contribution >= 4 is 11.9 Å². The summed E-state index contributed by atoms with van der Waals surface area (Å²) in [6.45, 7) is 6.87. The number of cyclic esters (lactones) is 1. The minimum Gasteiger partial charge on any atom is -0.463 e. The molecule has 0 radical (unpaired) electrons. The Morgan fingerprint density at radius 1 is 1.23 bits per heavy atom. The van der Waals surface area contributed by atoms with Crippen LogP contribution in [0.3, 0.4) is 0 Å². The second-order valence-corrected chi connectivity index (χ2v) is 8.52. The van der Waals surface area contributed by atoms with E-state index < -0.39 is 47.2 Å². The average molecular weight is 371 g/mol. The van der Waals surface area contributed by atoms with Gasteiger partial charge in [0, 0.05) is 19.0 Å². The molecule has 8 heteroatoms. The topological polar surface area (TPSA) is 117 Å². The summed E-state index contributed by atoms with van der Waals surface area (Å²) in [5, 5.41) is 32.1. The van der Waals surface area contributed by atoms with Gasteiger partial charge in [0.15, 0.2) is 5.60 Å². The molecule has 0 aromatic heterocycles. The van der Waals surface area contributed by atoms with Crippen molar-refractivity contribution in [1.29, 1.82) is 0 Å².